The van der Waals surface area contributed by atoms with Gasteiger partial charge in [0.25, 0.3) is 0 Å². The monoisotopic (exact) mass is 484 g/mol. The van der Waals surface area contributed by atoms with E-state index >= 15 is 0 Å². The number of hydrogen-bond acceptors (Lipinski definition) is 8. The maximum absolute atomic E-state index is 13.6. The van der Waals surface area contributed by atoms with Crippen LogP contribution in [0, 0.1) is 6.92 Å². The number of rotatable bonds is 8. The Bertz CT molecular complexity index is 1320. The summed E-state index contributed by atoms with van der Waals surface area (Å²) in [4.78, 5) is 12.6. The molecule has 0 fully saturated rings. The molecule has 0 saturated carbocycles. The van der Waals surface area contributed by atoms with Crippen LogP contribution in [0.3, 0.4) is 0 Å². The number of sulfone groups is 1. The van der Waals surface area contributed by atoms with Gasteiger partial charge in [0.15, 0.2) is 23.0 Å². The molecule has 0 aliphatic carbocycles. The number of carbonyl (C=O) groups excluding carboxylic acids is 1. The molecule has 178 valence electrons. The fourth-order valence-corrected chi connectivity index (χ4v) is 5.08. The Morgan fingerprint density at radius 2 is 1.71 bits per heavy atom. The summed E-state index contributed by atoms with van der Waals surface area (Å²) < 4.78 is 48.4. The van der Waals surface area contributed by atoms with Crippen molar-refractivity contribution in [2.24, 2.45) is 0 Å². The standard InChI is InChI=1S/C24H24N2O7S/c1-15-4-7-17(8-5-15)34(28,29)24-18(9-11-20(30-2)23(24)31-3)25-13-22(27)26-16-6-10-19-21(12-16)33-14-32-19/h4-12,25H,13-14H2,1-3H3,(H,26,27). The SMILES string of the molecule is COc1ccc(NCC(=O)Nc2ccc3c(c2)OCO3)c(S(=O)(=O)c2ccc(C)cc2)c1OC. The first-order chi connectivity index (χ1) is 16.3. The molecule has 3 aromatic rings. The molecule has 0 saturated heterocycles. The van der Waals surface area contributed by atoms with E-state index in [4.69, 9.17) is 18.9 Å². The van der Waals surface area contributed by atoms with Crippen LogP contribution >= 0.6 is 0 Å². The second kappa shape index (κ2) is 9.52. The lowest BCUT2D eigenvalue weighted by molar-refractivity contribution is -0.114. The van der Waals surface area contributed by atoms with Crippen LogP contribution < -0.4 is 29.6 Å². The number of benzene rings is 3. The van der Waals surface area contributed by atoms with E-state index in [0.29, 0.717) is 17.2 Å². The van der Waals surface area contributed by atoms with Crippen molar-refractivity contribution in [1.29, 1.82) is 0 Å². The third-order valence-corrected chi connectivity index (χ3v) is 7.03. The molecule has 1 heterocycles. The molecule has 0 spiro atoms. The number of anilines is 2. The van der Waals surface area contributed by atoms with E-state index < -0.39 is 9.84 Å². The van der Waals surface area contributed by atoms with Crippen molar-refractivity contribution in [2.45, 2.75) is 16.7 Å². The highest BCUT2D eigenvalue weighted by Gasteiger charge is 2.29. The maximum atomic E-state index is 13.6. The number of aryl methyl sites for hydroxylation is 1. The van der Waals surface area contributed by atoms with Gasteiger partial charge in [-0.15, -0.1) is 0 Å². The van der Waals surface area contributed by atoms with Crippen molar-refractivity contribution in [1.82, 2.24) is 0 Å². The van der Waals surface area contributed by atoms with E-state index in [2.05, 4.69) is 10.6 Å². The van der Waals surface area contributed by atoms with Crippen molar-refractivity contribution in [2.75, 3.05) is 38.2 Å². The predicted octanol–water partition coefficient (Wildman–Crippen LogP) is 3.62. The zero-order valence-corrected chi connectivity index (χ0v) is 19.7. The van der Waals surface area contributed by atoms with Gasteiger partial charge < -0.3 is 29.6 Å². The average Bonchev–Trinajstić information content (AvgIpc) is 3.30. The molecule has 0 unspecified atom stereocenters. The summed E-state index contributed by atoms with van der Waals surface area (Å²) in [5, 5.41) is 5.66. The molecule has 1 aliphatic rings. The molecule has 10 heteroatoms. The van der Waals surface area contributed by atoms with Gasteiger partial charge in [-0.05, 0) is 43.3 Å². The minimum atomic E-state index is -4.00. The van der Waals surface area contributed by atoms with Crippen LogP contribution in [-0.4, -0.2) is 41.9 Å². The quantitative estimate of drug-likeness (QED) is 0.499. The molecule has 0 radical (unpaired) electrons. The van der Waals surface area contributed by atoms with Crippen molar-refractivity contribution < 1.29 is 32.2 Å². The van der Waals surface area contributed by atoms with Gasteiger partial charge in [-0.2, -0.15) is 0 Å². The zero-order chi connectivity index (χ0) is 24.3. The van der Waals surface area contributed by atoms with Crippen LogP contribution in [0.25, 0.3) is 0 Å². The fourth-order valence-electron chi connectivity index (χ4n) is 3.49. The summed E-state index contributed by atoms with van der Waals surface area (Å²) in [5.74, 6) is 1.06. The Morgan fingerprint density at radius 3 is 2.41 bits per heavy atom. The largest absolute Gasteiger partial charge is 0.493 e. The summed E-state index contributed by atoms with van der Waals surface area (Å²) >= 11 is 0. The Labute approximate surface area is 197 Å². The number of fused-ring (bicyclic) bond motifs is 1. The van der Waals surface area contributed by atoms with Crippen molar-refractivity contribution in [3.63, 3.8) is 0 Å². The van der Waals surface area contributed by atoms with Gasteiger partial charge in [0.1, 0.15) is 4.90 Å². The average molecular weight is 485 g/mol. The van der Waals surface area contributed by atoms with E-state index in [9.17, 15) is 13.2 Å². The maximum Gasteiger partial charge on any atom is 0.243 e. The second-order valence-corrected chi connectivity index (χ2v) is 9.35. The van der Waals surface area contributed by atoms with Crippen molar-refractivity contribution in [3.8, 4) is 23.0 Å². The zero-order valence-electron chi connectivity index (χ0n) is 18.9. The van der Waals surface area contributed by atoms with Gasteiger partial charge in [-0.25, -0.2) is 8.42 Å². The van der Waals surface area contributed by atoms with Crippen LogP contribution in [0.1, 0.15) is 5.56 Å². The fraction of sp³-hybridized carbons (Fsp3) is 0.208. The normalized spacial score (nSPS) is 12.2. The first kappa shape index (κ1) is 23.2. The summed E-state index contributed by atoms with van der Waals surface area (Å²) in [6, 6.07) is 14.6. The van der Waals surface area contributed by atoms with E-state index in [1.165, 1.54) is 32.4 Å². The van der Waals surface area contributed by atoms with E-state index in [1.54, 1.807) is 36.4 Å². The summed E-state index contributed by atoms with van der Waals surface area (Å²) in [7, 11) is -1.22. The number of hydrogen-bond donors (Lipinski definition) is 2. The number of methoxy groups -OCH3 is 2. The molecule has 0 atom stereocenters. The molecule has 3 aromatic carbocycles. The van der Waals surface area contributed by atoms with Gasteiger partial charge in [0, 0.05) is 11.8 Å². The lowest BCUT2D eigenvalue weighted by atomic mass is 10.2. The molecule has 0 aromatic heterocycles. The summed E-state index contributed by atoms with van der Waals surface area (Å²) in [5.41, 5.74) is 1.66. The van der Waals surface area contributed by atoms with E-state index in [0.717, 1.165) is 5.56 Å². The van der Waals surface area contributed by atoms with Crippen LogP contribution in [0.15, 0.2) is 64.4 Å². The van der Waals surface area contributed by atoms with Crippen molar-refractivity contribution >= 4 is 27.1 Å². The van der Waals surface area contributed by atoms with Gasteiger partial charge in [-0.1, -0.05) is 17.7 Å². The highest BCUT2D eigenvalue weighted by Crippen LogP contribution is 2.42. The van der Waals surface area contributed by atoms with Gasteiger partial charge in [0.2, 0.25) is 22.5 Å². The molecule has 34 heavy (non-hydrogen) atoms. The first-order valence-corrected chi connectivity index (χ1v) is 11.8. The number of nitrogens with one attached hydrogen (secondary N) is 2. The minimum absolute atomic E-state index is 0.0456. The molecular weight excluding hydrogens is 460 g/mol. The Morgan fingerprint density at radius 1 is 0.971 bits per heavy atom. The Hall–Kier alpha value is -3.92. The van der Waals surface area contributed by atoms with Crippen LogP contribution in [0.4, 0.5) is 11.4 Å². The molecule has 2 N–H and O–H groups in total. The third kappa shape index (κ3) is 4.58. The Balaban J connectivity index is 1.61. The molecular formula is C24H24N2O7S. The van der Waals surface area contributed by atoms with Gasteiger partial charge in [-0.3, -0.25) is 4.79 Å². The molecule has 1 amide bonds. The lowest BCUT2D eigenvalue weighted by Gasteiger charge is -2.18. The van der Waals surface area contributed by atoms with E-state index in [-0.39, 0.29) is 46.2 Å². The highest BCUT2D eigenvalue weighted by molar-refractivity contribution is 7.91. The summed E-state index contributed by atoms with van der Waals surface area (Å²) in [6.45, 7) is 1.81. The molecule has 9 nitrogen and oxygen atoms in total. The highest BCUT2D eigenvalue weighted by atomic mass is 32.2. The number of carbonyl (C=O) groups is 1. The van der Waals surface area contributed by atoms with E-state index in [1.807, 2.05) is 6.92 Å². The first-order valence-electron chi connectivity index (χ1n) is 10.3. The topological polar surface area (TPSA) is 112 Å². The number of amides is 1. The van der Waals surface area contributed by atoms with Gasteiger partial charge >= 0.3 is 0 Å². The summed E-state index contributed by atoms with van der Waals surface area (Å²) in [6.07, 6.45) is 0. The predicted molar refractivity (Wildman–Crippen MR) is 126 cm³/mol. The smallest absolute Gasteiger partial charge is 0.243 e. The number of ether oxygens (including phenoxy) is 4. The van der Waals surface area contributed by atoms with Crippen LogP contribution in [0.2, 0.25) is 0 Å². The van der Waals surface area contributed by atoms with Gasteiger partial charge in [0.05, 0.1) is 31.3 Å². The van der Waals surface area contributed by atoms with Crippen LogP contribution in [0.5, 0.6) is 23.0 Å². The van der Waals surface area contributed by atoms with Crippen molar-refractivity contribution in [3.05, 3.63) is 60.2 Å². The lowest BCUT2D eigenvalue weighted by Crippen LogP contribution is -2.22. The molecule has 0 bridgehead atoms. The van der Waals surface area contributed by atoms with Crippen LogP contribution in [-0.2, 0) is 14.6 Å². The molecule has 1 aliphatic heterocycles. The molecule has 4 rings (SSSR count). The second-order valence-electron chi connectivity index (χ2n) is 7.46. The Kier molecular flexibility index (Phi) is 6.51. The third-order valence-electron chi connectivity index (χ3n) is 5.20. The minimum Gasteiger partial charge on any atom is -0.493 e.